The summed E-state index contributed by atoms with van der Waals surface area (Å²) >= 11 is 0. The molecule has 1 aliphatic heterocycles. The minimum Gasteiger partial charge on any atom is -0.381 e. The second-order valence-corrected chi connectivity index (χ2v) is 2.80. The highest BCUT2D eigenvalue weighted by Gasteiger charge is 2.66. The van der Waals surface area contributed by atoms with E-state index < -0.39 is 5.54 Å². The van der Waals surface area contributed by atoms with Crippen LogP contribution >= 0.6 is 12.4 Å². The average molecular weight is 161 g/mol. The number of rotatable bonds is 0. The monoisotopic (exact) mass is 160 g/mol. The number of fused-ring (bicyclic) bond motifs is 1. The zero-order valence-corrected chi connectivity index (χ0v) is 6.23. The molecule has 56 valence electrons. The van der Waals surface area contributed by atoms with E-state index in [-0.39, 0.29) is 12.4 Å². The van der Waals surface area contributed by atoms with Crippen molar-refractivity contribution in [2.45, 2.75) is 5.54 Å². The van der Waals surface area contributed by atoms with E-state index in [2.05, 4.69) is 6.07 Å². The van der Waals surface area contributed by atoms with Gasteiger partial charge in [0.15, 0.2) is 0 Å². The fraction of sp³-hybridized carbons (Fsp3) is 0.833. The largest absolute Gasteiger partial charge is 0.381 e. The van der Waals surface area contributed by atoms with Gasteiger partial charge in [-0.1, -0.05) is 0 Å². The summed E-state index contributed by atoms with van der Waals surface area (Å²) in [5.41, 5.74) is 5.14. The summed E-state index contributed by atoms with van der Waals surface area (Å²) in [4.78, 5) is 0. The maximum atomic E-state index is 8.54. The van der Waals surface area contributed by atoms with Crippen LogP contribution in [0.5, 0.6) is 0 Å². The first-order valence-electron chi connectivity index (χ1n) is 3.07. The first-order chi connectivity index (χ1) is 4.29. The van der Waals surface area contributed by atoms with Crippen molar-refractivity contribution in [2.75, 3.05) is 13.2 Å². The molecule has 0 radical (unpaired) electrons. The van der Waals surface area contributed by atoms with Gasteiger partial charge in [-0.25, -0.2) is 0 Å². The van der Waals surface area contributed by atoms with Crippen LogP contribution in [0.3, 0.4) is 0 Å². The molecule has 1 saturated carbocycles. The van der Waals surface area contributed by atoms with Gasteiger partial charge < -0.3 is 10.5 Å². The Morgan fingerprint density at radius 2 is 2.00 bits per heavy atom. The van der Waals surface area contributed by atoms with Gasteiger partial charge in [0.05, 0.1) is 19.3 Å². The van der Waals surface area contributed by atoms with Crippen molar-refractivity contribution in [3.63, 3.8) is 0 Å². The quantitative estimate of drug-likeness (QED) is 0.539. The number of nitrogens with zero attached hydrogens (tertiary/aromatic N) is 1. The Balaban J connectivity index is 0.000000500. The molecule has 2 aliphatic rings. The second-order valence-electron chi connectivity index (χ2n) is 2.80. The topological polar surface area (TPSA) is 59.0 Å². The van der Waals surface area contributed by atoms with Gasteiger partial charge in [0.25, 0.3) is 0 Å². The van der Waals surface area contributed by atoms with Gasteiger partial charge in [0.2, 0.25) is 0 Å². The Bertz CT molecular complexity index is 179. The van der Waals surface area contributed by atoms with E-state index in [1.807, 2.05) is 0 Å². The number of ether oxygens (including phenoxy) is 1. The van der Waals surface area contributed by atoms with Gasteiger partial charge in [-0.15, -0.1) is 12.4 Å². The number of halogens is 1. The van der Waals surface area contributed by atoms with Gasteiger partial charge in [0, 0.05) is 11.8 Å². The average Bonchev–Trinajstić information content (AvgIpc) is 2.39. The van der Waals surface area contributed by atoms with Crippen LogP contribution < -0.4 is 5.73 Å². The van der Waals surface area contributed by atoms with Crippen LogP contribution in [-0.4, -0.2) is 18.8 Å². The molecule has 0 aromatic carbocycles. The minimum atomic E-state index is -0.516. The van der Waals surface area contributed by atoms with Gasteiger partial charge in [-0.2, -0.15) is 5.26 Å². The lowest BCUT2D eigenvalue weighted by atomic mass is 10.2. The molecule has 1 heterocycles. The highest BCUT2D eigenvalue weighted by Crippen LogP contribution is 2.51. The van der Waals surface area contributed by atoms with Crippen LogP contribution in [0.15, 0.2) is 0 Å². The summed E-state index contributed by atoms with van der Waals surface area (Å²) in [5, 5.41) is 8.54. The smallest absolute Gasteiger partial charge is 0.115 e. The van der Waals surface area contributed by atoms with E-state index in [4.69, 9.17) is 15.7 Å². The van der Waals surface area contributed by atoms with Crippen LogP contribution in [0.1, 0.15) is 0 Å². The first kappa shape index (κ1) is 7.80. The number of nitrogens with two attached hydrogens (primary N) is 1. The Morgan fingerprint density at radius 3 is 2.30 bits per heavy atom. The molecule has 2 unspecified atom stereocenters. The van der Waals surface area contributed by atoms with E-state index in [1.54, 1.807) is 0 Å². The number of hydrogen-bond donors (Lipinski definition) is 1. The summed E-state index contributed by atoms with van der Waals surface area (Å²) in [7, 11) is 0. The fourth-order valence-electron chi connectivity index (χ4n) is 1.56. The SMILES string of the molecule is Cl.N#CC1(N)C2COCC21. The maximum Gasteiger partial charge on any atom is 0.115 e. The molecular formula is C6H9ClN2O. The Kier molecular flexibility index (Phi) is 1.63. The molecule has 10 heavy (non-hydrogen) atoms. The highest BCUT2D eigenvalue weighted by molar-refractivity contribution is 5.85. The van der Waals surface area contributed by atoms with E-state index in [0.717, 1.165) is 0 Å². The molecule has 1 saturated heterocycles. The van der Waals surface area contributed by atoms with Crippen molar-refractivity contribution < 1.29 is 4.74 Å². The van der Waals surface area contributed by atoms with Crippen molar-refractivity contribution in [1.82, 2.24) is 0 Å². The fourth-order valence-corrected chi connectivity index (χ4v) is 1.56. The van der Waals surface area contributed by atoms with E-state index >= 15 is 0 Å². The van der Waals surface area contributed by atoms with Crippen LogP contribution in [0.4, 0.5) is 0 Å². The molecule has 0 amide bonds. The zero-order chi connectivity index (χ0) is 6.48. The molecule has 0 spiro atoms. The Morgan fingerprint density at radius 1 is 1.50 bits per heavy atom. The predicted octanol–water partition coefficient (Wildman–Crippen LogP) is -0.0945. The lowest BCUT2D eigenvalue weighted by Crippen LogP contribution is -2.28. The summed E-state index contributed by atoms with van der Waals surface area (Å²) < 4.78 is 5.07. The summed E-state index contributed by atoms with van der Waals surface area (Å²) in [6.45, 7) is 1.38. The van der Waals surface area contributed by atoms with E-state index in [9.17, 15) is 0 Å². The molecule has 2 rings (SSSR count). The van der Waals surface area contributed by atoms with Gasteiger partial charge in [0.1, 0.15) is 5.54 Å². The Hall–Kier alpha value is -0.300. The lowest BCUT2D eigenvalue weighted by Gasteiger charge is -2.03. The highest BCUT2D eigenvalue weighted by atomic mass is 35.5. The molecule has 1 aliphatic carbocycles. The molecule has 0 bridgehead atoms. The molecule has 4 heteroatoms. The zero-order valence-electron chi connectivity index (χ0n) is 5.41. The molecule has 0 aromatic heterocycles. The normalized spacial score (nSPS) is 48.8. The van der Waals surface area contributed by atoms with E-state index in [0.29, 0.717) is 25.0 Å². The van der Waals surface area contributed by atoms with Gasteiger partial charge in [-0.05, 0) is 0 Å². The molecule has 0 aromatic rings. The summed E-state index contributed by atoms with van der Waals surface area (Å²) in [5.74, 6) is 0.671. The van der Waals surface area contributed by atoms with Crippen molar-refractivity contribution >= 4 is 12.4 Å². The van der Waals surface area contributed by atoms with Crippen molar-refractivity contribution in [1.29, 1.82) is 5.26 Å². The van der Waals surface area contributed by atoms with E-state index in [1.165, 1.54) is 0 Å². The first-order valence-corrected chi connectivity index (χ1v) is 3.07. The Labute approximate surface area is 65.6 Å². The third kappa shape index (κ3) is 0.671. The molecule has 2 N–H and O–H groups in total. The number of nitriles is 1. The predicted molar refractivity (Wildman–Crippen MR) is 37.6 cm³/mol. The van der Waals surface area contributed by atoms with Crippen molar-refractivity contribution in [2.24, 2.45) is 17.6 Å². The standard InChI is InChI=1S/C6H8N2O.ClH/c7-3-6(8)4-1-9-2-5(4)6;/h4-5H,1-2,8H2;1H. The van der Waals surface area contributed by atoms with Crippen LogP contribution in [0.25, 0.3) is 0 Å². The second kappa shape index (κ2) is 2.09. The van der Waals surface area contributed by atoms with Gasteiger partial charge >= 0.3 is 0 Å². The summed E-state index contributed by atoms with van der Waals surface area (Å²) in [6.07, 6.45) is 0. The lowest BCUT2D eigenvalue weighted by molar-refractivity contribution is 0.152. The number of hydrogen-bond acceptors (Lipinski definition) is 3. The maximum absolute atomic E-state index is 8.54. The minimum absolute atomic E-state index is 0. The van der Waals surface area contributed by atoms with Crippen molar-refractivity contribution in [3.05, 3.63) is 0 Å². The molecule has 3 nitrogen and oxygen atoms in total. The van der Waals surface area contributed by atoms with Crippen LogP contribution in [-0.2, 0) is 4.74 Å². The summed E-state index contributed by atoms with van der Waals surface area (Å²) in [6, 6.07) is 2.12. The third-order valence-electron chi connectivity index (χ3n) is 2.39. The van der Waals surface area contributed by atoms with Crippen LogP contribution in [0, 0.1) is 23.2 Å². The van der Waals surface area contributed by atoms with Crippen LogP contribution in [0.2, 0.25) is 0 Å². The molecule has 2 atom stereocenters. The molecular weight excluding hydrogens is 152 g/mol. The van der Waals surface area contributed by atoms with Crippen molar-refractivity contribution in [3.8, 4) is 6.07 Å². The van der Waals surface area contributed by atoms with Gasteiger partial charge in [-0.3, -0.25) is 0 Å². The molecule has 2 fully saturated rings. The third-order valence-corrected chi connectivity index (χ3v) is 2.39.